The van der Waals surface area contributed by atoms with Gasteiger partial charge in [0.1, 0.15) is 6.10 Å². The first kappa shape index (κ1) is 18.7. The molecular weight excluding hydrogens is 322 g/mol. The molecule has 4 heteroatoms. The molecule has 26 heavy (non-hydrogen) atoms. The summed E-state index contributed by atoms with van der Waals surface area (Å²) in [7, 11) is 2.05. The van der Waals surface area contributed by atoms with E-state index in [-0.39, 0.29) is 6.10 Å². The van der Waals surface area contributed by atoms with E-state index in [9.17, 15) is 0 Å². The van der Waals surface area contributed by atoms with Gasteiger partial charge in [-0.2, -0.15) is 0 Å². The number of hydrogen-bond acceptors (Lipinski definition) is 2. The molecule has 0 aliphatic carbocycles. The van der Waals surface area contributed by atoms with Gasteiger partial charge in [-0.1, -0.05) is 26.7 Å². The minimum Gasteiger partial charge on any atom is -0.368 e. The zero-order valence-corrected chi connectivity index (χ0v) is 16.5. The first-order valence-electron chi connectivity index (χ1n) is 9.92. The van der Waals surface area contributed by atoms with E-state index >= 15 is 0 Å². The lowest BCUT2D eigenvalue weighted by atomic mass is 10.1. The lowest BCUT2D eigenvalue weighted by Gasteiger charge is -2.10. The molecule has 0 saturated carbocycles. The molecule has 0 radical (unpaired) electrons. The third-order valence-corrected chi connectivity index (χ3v) is 5.04. The van der Waals surface area contributed by atoms with Gasteiger partial charge in [0.2, 0.25) is 0 Å². The van der Waals surface area contributed by atoms with E-state index in [0.717, 1.165) is 35.6 Å². The van der Waals surface area contributed by atoms with E-state index in [1.54, 1.807) is 0 Å². The van der Waals surface area contributed by atoms with Crippen molar-refractivity contribution in [3.05, 3.63) is 53.1 Å². The topological polar surface area (TPSA) is 42.3 Å². The average molecular weight is 354 g/mol. The maximum absolute atomic E-state index is 5.98. The van der Waals surface area contributed by atoms with Crippen molar-refractivity contribution in [2.75, 3.05) is 6.61 Å². The summed E-state index contributed by atoms with van der Waals surface area (Å²) in [5.41, 5.74) is 6.98. The highest BCUT2D eigenvalue weighted by atomic mass is 16.5. The number of unbranched alkanes of at least 4 members (excludes halogenated alkanes) is 2. The number of H-pyrrole nitrogens is 1. The fourth-order valence-electron chi connectivity index (χ4n) is 3.63. The largest absolute Gasteiger partial charge is 0.368 e. The van der Waals surface area contributed by atoms with Crippen LogP contribution in [0.1, 0.15) is 62.7 Å². The summed E-state index contributed by atoms with van der Waals surface area (Å²) in [5, 5.41) is 0. The zero-order chi connectivity index (χ0) is 18.5. The molecule has 1 aliphatic rings. The molecule has 0 bridgehead atoms. The highest BCUT2D eigenvalue weighted by Gasteiger charge is 2.26. The Balaban J connectivity index is 1.90. The molecule has 1 N–H and O–H groups in total. The Morgan fingerprint density at radius 2 is 2.08 bits per heavy atom. The second kappa shape index (κ2) is 8.54. The highest BCUT2D eigenvalue weighted by Crippen LogP contribution is 2.28. The summed E-state index contributed by atoms with van der Waals surface area (Å²) in [6, 6.07) is 6.44. The number of aliphatic imine (C=N–C) groups is 1. The number of nitrogens with one attached hydrogen (secondary N) is 1. The maximum Gasteiger partial charge on any atom is 0.122 e. The first-order valence-corrected chi connectivity index (χ1v) is 9.92. The summed E-state index contributed by atoms with van der Waals surface area (Å²) in [6.45, 7) is 7.17. The van der Waals surface area contributed by atoms with Gasteiger partial charge in [0, 0.05) is 25.5 Å². The molecule has 4 nitrogen and oxygen atoms in total. The molecule has 140 valence electrons. The van der Waals surface area contributed by atoms with Crippen LogP contribution in [0, 0.1) is 0 Å². The minimum absolute atomic E-state index is 0.0863. The fraction of sp³-hybridized carbons (Fsp3) is 0.500. The molecule has 1 atom stereocenters. The molecule has 0 saturated heterocycles. The van der Waals surface area contributed by atoms with Crippen molar-refractivity contribution in [3.8, 4) is 0 Å². The second-order valence-corrected chi connectivity index (χ2v) is 6.93. The number of rotatable bonds is 9. The highest BCUT2D eigenvalue weighted by molar-refractivity contribution is 6.09. The first-order chi connectivity index (χ1) is 12.7. The van der Waals surface area contributed by atoms with E-state index < -0.39 is 0 Å². The second-order valence-electron chi connectivity index (χ2n) is 6.93. The van der Waals surface area contributed by atoms with Crippen LogP contribution in [0.4, 0.5) is 0 Å². The van der Waals surface area contributed by atoms with Crippen molar-refractivity contribution < 1.29 is 4.74 Å². The van der Waals surface area contributed by atoms with E-state index in [1.165, 1.54) is 30.5 Å². The van der Waals surface area contributed by atoms with Gasteiger partial charge in [0.05, 0.1) is 22.8 Å². The summed E-state index contributed by atoms with van der Waals surface area (Å²) in [6.07, 6.45) is 10.0. The smallest absolute Gasteiger partial charge is 0.122 e. The lowest BCUT2D eigenvalue weighted by Crippen LogP contribution is -2.20. The van der Waals surface area contributed by atoms with Crippen LogP contribution in [0.3, 0.4) is 0 Å². The van der Waals surface area contributed by atoms with Gasteiger partial charge in [0.15, 0.2) is 0 Å². The summed E-state index contributed by atoms with van der Waals surface area (Å²) in [4.78, 5) is 8.57. The predicted octanol–water partition coefficient (Wildman–Crippen LogP) is 4.90. The lowest BCUT2D eigenvalue weighted by molar-refractivity contribution is 0.142. The standard InChI is InChI=1S/C22H31N3O/c1-5-8-9-11-16-14-19(23-17(16)6-2)22-21(26-7-3)15-18(24-22)20-12-10-13-25(20)4/h10,12-15,21,23H,5-9,11H2,1-4H3. The van der Waals surface area contributed by atoms with Gasteiger partial charge < -0.3 is 14.3 Å². The van der Waals surface area contributed by atoms with Gasteiger partial charge in [-0.3, -0.25) is 0 Å². The molecule has 2 aromatic rings. The number of hydrogen-bond donors (Lipinski definition) is 1. The van der Waals surface area contributed by atoms with Crippen molar-refractivity contribution in [2.24, 2.45) is 12.0 Å². The minimum atomic E-state index is -0.0863. The number of ether oxygens (including phenoxy) is 1. The Morgan fingerprint density at radius 1 is 1.23 bits per heavy atom. The van der Waals surface area contributed by atoms with Crippen molar-refractivity contribution in [2.45, 2.75) is 59.0 Å². The third kappa shape index (κ3) is 3.85. The molecule has 0 amide bonds. The molecule has 0 fully saturated rings. The third-order valence-electron chi connectivity index (χ3n) is 5.04. The van der Waals surface area contributed by atoms with Gasteiger partial charge in [-0.25, -0.2) is 4.99 Å². The Hall–Kier alpha value is -2.07. The Labute approximate surface area is 157 Å². The molecule has 0 aromatic carbocycles. The summed E-state index contributed by atoms with van der Waals surface area (Å²) in [5.74, 6) is 0. The number of aromatic amines is 1. The normalized spacial score (nSPS) is 16.8. The monoisotopic (exact) mass is 353 g/mol. The van der Waals surface area contributed by atoms with Gasteiger partial charge in [-0.15, -0.1) is 0 Å². The quantitative estimate of drug-likeness (QED) is 0.640. The Bertz CT molecular complexity index is 794. The van der Waals surface area contributed by atoms with E-state index in [2.05, 4.69) is 60.9 Å². The van der Waals surface area contributed by atoms with E-state index in [1.807, 2.05) is 6.92 Å². The molecule has 0 spiro atoms. The van der Waals surface area contributed by atoms with Crippen LogP contribution in [0.2, 0.25) is 0 Å². The molecular formula is C22H31N3O. The van der Waals surface area contributed by atoms with Gasteiger partial charge in [-0.05, 0) is 56.0 Å². The van der Waals surface area contributed by atoms with Gasteiger partial charge >= 0.3 is 0 Å². The van der Waals surface area contributed by atoms with Crippen LogP contribution in [0.15, 0.2) is 35.5 Å². The van der Waals surface area contributed by atoms with E-state index in [0.29, 0.717) is 6.61 Å². The van der Waals surface area contributed by atoms with Crippen LogP contribution in [-0.4, -0.2) is 28.0 Å². The van der Waals surface area contributed by atoms with Crippen LogP contribution in [0.5, 0.6) is 0 Å². The average Bonchev–Trinajstić information content (AvgIpc) is 3.33. The number of aromatic nitrogens is 2. The van der Waals surface area contributed by atoms with Crippen LogP contribution >= 0.6 is 0 Å². The van der Waals surface area contributed by atoms with Crippen molar-refractivity contribution in [1.82, 2.24) is 9.55 Å². The Morgan fingerprint density at radius 3 is 2.73 bits per heavy atom. The molecule has 1 aliphatic heterocycles. The van der Waals surface area contributed by atoms with Crippen LogP contribution in [-0.2, 0) is 24.6 Å². The summed E-state index contributed by atoms with van der Waals surface area (Å²) < 4.78 is 8.08. The molecule has 1 unspecified atom stereocenters. The summed E-state index contributed by atoms with van der Waals surface area (Å²) >= 11 is 0. The SMILES string of the molecule is CCCCCc1cc(C2=NC(c3cccn3C)=CC2OCC)[nH]c1CC. The Kier molecular flexibility index (Phi) is 6.15. The number of aryl methyl sites for hydroxylation is 3. The van der Waals surface area contributed by atoms with Crippen molar-refractivity contribution in [1.29, 1.82) is 0 Å². The van der Waals surface area contributed by atoms with Gasteiger partial charge in [0.25, 0.3) is 0 Å². The number of nitrogens with zero attached hydrogens (tertiary/aromatic N) is 2. The molecule has 2 aromatic heterocycles. The molecule has 3 rings (SSSR count). The van der Waals surface area contributed by atoms with Crippen LogP contribution in [0.25, 0.3) is 5.70 Å². The maximum atomic E-state index is 5.98. The zero-order valence-electron chi connectivity index (χ0n) is 16.5. The van der Waals surface area contributed by atoms with Crippen LogP contribution < -0.4 is 0 Å². The van der Waals surface area contributed by atoms with Crippen molar-refractivity contribution in [3.63, 3.8) is 0 Å². The molecule has 3 heterocycles. The van der Waals surface area contributed by atoms with Crippen molar-refractivity contribution >= 4 is 11.4 Å². The van der Waals surface area contributed by atoms with E-state index in [4.69, 9.17) is 9.73 Å². The predicted molar refractivity (Wildman–Crippen MR) is 109 cm³/mol. The fourth-order valence-corrected chi connectivity index (χ4v) is 3.63.